The van der Waals surface area contributed by atoms with Crippen LogP contribution in [0.3, 0.4) is 0 Å². The first-order valence-corrected chi connectivity index (χ1v) is 20.3. The molecule has 6 rings (SSSR count). The summed E-state index contributed by atoms with van der Waals surface area (Å²) in [6.45, 7) is 3.72. The first-order chi connectivity index (χ1) is 29.5. The summed E-state index contributed by atoms with van der Waals surface area (Å²) in [4.78, 5) is 69.1. The van der Waals surface area contributed by atoms with Crippen LogP contribution in [0.25, 0.3) is 22.3 Å². The minimum atomic E-state index is -1.08. The quantitative estimate of drug-likeness (QED) is 0.0542. The van der Waals surface area contributed by atoms with Crippen LogP contribution in [0.15, 0.2) is 158 Å². The normalized spacial score (nSPS) is 12.8. The molecule has 0 fully saturated rings. The Morgan fingerprint density at radius 2 is 0.934 bits per heavy atom. The summed E-state index contributed by atoms with van der Waals surface area (Å²) < 4.78 is 0. The summed E-state index contributed by atoms with van der Waals surface area (Å²) in [6.07, 6.45) is 0.923. The van der Waals surface area contributed by atoms with Crippen LogP contribution < -0.4 is 32.7 Å². The third-order valence-electron chi connectivity index (χ3n) is 10.7. The van der Waals surface area contributed by atoms with Gasteiger partial charge in [-0.05, 0) is 52.4 Å². The van der Waals surface area contributed by atoms with Gasteiger partial charge in [0.2, 0.25) is 17.7 Å². The van der Waals surface area contributed by atoms with Crippen LogP contribution in [0.1, 0.15) is 52.1 Å². The number of nitrogen functional groups attached to an aromatic ring is 1. The average molecular weight is 815 g/mol. The minimum Gasteiger partial charge on any atom is -0.398 e. The average Bonchev–Trinajstić information content (AvgIpc) is 3.28. The van der Waals surface area contributed by atoms with Crippen molar-refractivity contribution in [1.82, 2.24) is 16.0 Å². The van der Waals surface area contributed by atoms with Crippen LogP contribution in [-0.4, -0.2) is 47.7 Å². The van der Waals surface area contributed by atoms with Crippen LogP contribution in [0.2, 0.25) is 0 Å². The fourth-order valence-corrected chi connectivity index (χ4v) is 7.19. The molecule has 11 nitrogen and oxygen atoms in total. The Hall–Kier alpha value is -7.53. The van der Waals surface area contributed by atoms with Gasteiger partial charge in [-0.25, -0.2) is 0 Å². The van der Waals surface area contributed by atoms with Crippen LogP contribution in [0.5, 0.6) is 0 Å². The Kier molecular flexibility index (Phi) is 14.4. The maximum Gasteiger partial charge on any atom is 0.252 e. The zero-order valence-corrected chi connectivity index (χ0v) is 34.1. The molecule has 0 aliphatic carbocycles. The van der Waals surface area contributed by atoms with Crippen molar-refractivity contribution in [3.05, 3.63) is 180 Å². The molecule has 0 aliphatic heterocycles. The fourth-order valence-electron chi connectivity index (χ4n) is 7.19. The van der Waals surface area contributed by atoms with Crippen molar-refractivity contribution in [3.8, 4) is 22.3 Å². The standard InChI is InChI=1S/C50H50N6O5/c1-3-32(2)45(46(52)57)56-50(61)44(31-34-20-8-5-9-21-34)55-48(59)40-27-13-11-23-36(40)35-22-10-12-26-39(35)47(58)54-43(30-33-18-6-4-7-19-33)49(60)53-42-29-17-15-25-38(42)37-24-14-16-28-41(37)51/h4-29,32,43-45H,3,30-31,51H2,1-2H3,(H2,52,57)(H,53,60)(H,54,58)(H,55,59)(H,56,61)/t32-,43+,44+,45+/m1/s1. The number of anilines is 2. The highest BCUT2D eigenvalue weighted by molar-refractivity contribution is 6.09. The van der Waals surface area contributed by atoms with Gasteiger partial charge in [-0.2, -0.15) is 0 Å². The summed E-state index contributed by atoms with van der Waals surface area (Å²) in [5.41, 5.74) is 17.5. The second-order valence-electron chi connectivity index (χ2n) is 14.9. The van der Waals surface area contributed by atoms with Gasteiger partial charge in [-0.1, -0.05) is 154 Å². The van der Waals surface area contributed by atoms with Crippen LogP contribution >= 0.6 is 0 Å². The van der Waals surface area contributed by atoms with Gasteiger partial charge in [0.25, 0.3) is 11.8 Å². The number of nitrogens with two attached hydrogens (primary N) is 2. The summed E-state index contributed by atoms with van der Waals surface area (Å²) in [6, 6.07) is 43.9. The van der Waals surface area contributed by atoms with Crippen molar-refractivity contribution >= 4 is 40.9 Å². The highest BCUT2D eigenvalue weighted by Gasteiger charge is 2.30. The molecule has 61 heavy (non-hydrogen) atoms. The summed E-state index contributed by atoms with van der Waals surface area (Å²) in [5.74, 6) is -3.01. The molecule has 6 aromatic rings. The zero-order valence-electron chi connectivity index (χ0n) is 34.1. The molecule has 310 valence electrons. The largest absolute Gasteiger partial charge is 0.398 e. The Balaban J connectivity index is 1.29. The van der Waals surface area contributed by atoms with Crippen molar-refractivity contribution in [3.63, 3.8) is 0 Å². The summed E-state index contributed by atoms with van der Waals surface area (Å²) in [5, 5.41) is 11.7. The number of carbonyl (C=O) groups is 5. The maximum atomic E-state index is 14.4. The lowest BCUT2D eigenvalue weighted by molar-refractivity contribution is -0.129. The molecule has 0 bridgehead atoms. The third-order valence-corrected chi connectivity index (χ3v) is 10.7. The number of hydrogen-bond acceptors (Lipinski definition) is 6. The van der Waals surface area contributed by atoms with E-state index in [1.165, 1.54) is 0 Å². The topological polar surface area (TPSA) is 186 Å². The monoisotopic (exact) mass is 814 g/mol. The molecule has 11 heteroatoms. The molecular weight excluding hydrogens is 765 g/mol. The van der Waals surface area contributed by atoms with E-state index in [4.69, 9.17) is 11.5 Å². The van der Waals surface area contributed by atoms with Gasteiger partial charge in [0.05, 0.1) is 0 Å². The molecule has 0 spiro atoms. The second kappa shape index (κ2) is 20.4. The molecule has 0 unspecified atom stereocenters. The number of rotatable bonds is 17. The van der Waals surface area contributed by atoms with E-state index in [0.717, 1.165) is 22.3 Å². The molecule has 0 heterocycles. The highest BCUT2D eigenvalue weighted by atomic mass is 16.2. The molecule has 0 saturated heterocycles. The van der Waals surface area contributed by atoms with E-state index in [1.807, 2.05) is 111 Å². The predicted octanol–water partition coefficient (Wildman–Crippen LogP) is 6.94. The SMILES string of the molecule is CC[C@@H](C)[C@H](NC(=O)[C@H](Cc1ccccc1)NC(=O)c1ccccc1-c1ccccc1C(=O)N[C@@H](Cc1ccccc1)C(=O)Nc1ccccc1-c1ccccc1N)C(N)=O. The Labute approximate surface area is 356 Å². The molecular formula is C50H50N6O5. The van der Waals surface area contributed by atoms with Gasteiger partial charge < -0.3 is 32.7 Å². The van der Waals surface area contributed by atoms with Gasteiger partial charge in [-0.3, -0.25) is 24.0 Å². The highest BCUT2D eigenvalue weighted by Crippen LogP contribution is 2.32. The van der Waals surface area contributed by atoms with Crippen molar-refractivity contribution in [2.45, 2.75) is 51.2 Å². The molecule has 5 amide bonds. The fraction of sp³-hybridized carbons (Fsp3) is 0.180. The number of para-hydroxylation sites is 2. The molecule has 0 aromatic heterocycles. The molecule has 0 saturated carbocycles. The Morgan fingerprint density at radius 3 is 1.43 bits per heavy atom. The second-order valence-corrected chi connectivity index (χ2v) is 14.9. The third kappa shape index (κ3) is 11.0. The maximum absolute atomic E-state index is 14.4. The van der Waals surface area contributed by atoms with Crippen LogP contribution in [0.4, 0.5) is 11.4 Å². The lowest BCUT2D eigenvalue weighted by Gasteiger charge is -2.25. The van der Waals surface area contributed by atoms with Crippen molar-refractivity contribution in [1.29, 1.82) is 0 Å². The number of amides is 5. The zero-order chi connectivity index (χ0) is 43.3. The first-order valence-electron chi connectivity index (χ1n) is 20.3. The van der Waals surface area contributed by atoms with E-state index in [2.05, 4.69) is 21.3 Å². The van der Waals surface area contributed by atoms with E-state index in [-0.39, 0.29) is 29.9 Å². The number of benzene rings is 6. The first kappa shape index (κ1) is 43.1. The number of hydrogen-bond donors (Lipinski definition) is 6. The van der Waals surface area contributed by atoms with Gasteiger partial charge in [0.1, 0.15) is 18.1 Å². The van der Waals surface area contributed by atoms with E-state index < -0.39 is 47.7 Å². The molecule has 0 radical (unpaired) electrons. The molecule has 4 atom stereocenters. The molecule has 8 N–H and O–H groups in total. The lowest BCUT2D eigenvalue weighted by atomic mass is 9.93. The van der Waals surface area contributed by atoms with Crippen molar-refractivity contribution < 1.29 is 24.0 Å². The van der Waals surface area contributed by atoms with Gasteiger partial charge >= 0.3 is 0 Å². The van der Waals surface area contributed by atoms with E-state index in [9.17, 15) is 24.0 Å². The van der Waals surface area contributed by atoms with E-state index in [1.54, 1.807) is 60.7 Å². The lowest BCUT2D eigenvalue weighted by Crippen LogP contribution is -2.55. The minimum absolute atomic E-state index is 0.139. The Morgan fingerprint density at radius 1 is 0.508 bits per heavy atom. The Bertz CT molecular complexity index is 2490. The summed E-state index contributed by atoms with van der Waals surface area (Å²) in [7, 11) is 0. The number of primary amides is 1. The predicted molar refractivity (Wildman–Crippen MR) is 240 cm³/mol. The van der Waals surface area contributed by atoms with Crippen LogP contribution in [0, 0.1) is 5.92 Å². The number of nitrogens with one attached hydrogen (secondary N) is 4. The summed E-state index contributed by atoms with van der Waals surface area (Å²) >= 11 is 0. The molecule has 0 aliphatic rings. The van der Waals surface area contributed by atoms with Crippen molar-refractivity contribution in [2.24, 2.45) is 11.7 Å². The van der Waals surface area contributed by atoms with Gasteiger partial charge in [0.15, 0.2) is 0 Å². The van der Waals surface area contributed by atoms with E-state index >= 15 is 0 Å². The molecule has 6 aromatic carbocycles. The smallest absolute Gasteiger partial charge is 0.252 e. The van der Waals surface area contributed by atoms with Crippen molar-refractivity contribution in [2.75, 3.05) is 11.1 Å². The van der Waals surface area contributed by atoms with Gasteiger partial charge in [-0.15, -0.1) is 0 Å². The van der Waals surface area contributed by atoms with E-state index in [0.29, 0.717) is 28.9 Å². The van der Waals surface area contributed by atoms with Crippen LogP contribution in [-0.2, 0) is 27.2 Å². The number of carbonyl (C=O) groups excluding carboxylic acids is 5. The van der Waals surface area contributed by atoms with Gasteiger partial charge in [0, 0.05) is 46.5 Å².